The van der Waals surface area contributed by atoms with Crippen molar-refractivity contribution < 1.29 is 32.2 Å². The molecule has 0 radical (unpaired) electrons. The highest BCUT2D eigenvalue weighted by Gasteiger charge is 2.30. The molecule has 0 unspecified atom stereocenters. The molecule has 0 aliphatic heterocycles. The molecule has 0 aromatic heterocycles. The fourth-order valence-corrected chi connectivity index (χ4v) is 2.06. The second kappa shape index (κ2) is 8.93. The summed E-state index contributed by atoms with van der Waals surface area (Å²) in [6, 6.07) is 11.0. The van der Waals surface area contributed by atoms with Gasteiger partial charge in [0.1, 0.15) is 11.5 Å². The van der Waals surface area contributed by atoms with Gasteiger partial charge in [0.2, 0.25) is 5.91 Å². The number of hydrazine groups is 1. The summed E-state index contributed by atoms with van der Waals surface area (Å²) in [5, 5.41) is 0. The van der Waals surface area contributed by atoms with E-state index in [1.807, 2.05) is 0 Å². The number of hydrogen-bond acceptors (Lipinski definition) is 4. The Balaban J connectivity index is 1.76. The van der Waals surface area contributed by atoms with Gasteiger partial charge in [-0.05, 0) is 35.9 Å². The van der Waals surface area contributed by atoms with Gasteiger partial charge in [0, 0.05) is 0 Å². The fourth-order valence-electron chi connectivity index (χ4n) is 2.06. The average Bonchev–Trinajstić information content (AvgIpc) is 2.65. The topological polar surface area (TPSA) is 76.7 Å². The zero-order chi connectivity index (χ0) is 19.9. The molecule has 6 nitrogen and oxygen atoms in total. The minimum Gasteiger partial charge on any atom is -0.497 e. The van der Waals surface area contributed by atoms with E-state index in [4.69, 9.17) is 9.47 Å². The molecule has 0 heterocycles. The van der Waals surface area contributed by atoms with Gasteiger partial charge in [-0.1, -0.05) is 18.2 Å². The van der Waals surface area contributed by atoms with Gasteiger partial charge < -0.3 is 9.47 Å². The lowest BCUT2D eigenvalue weighted by Crippen LogP contribution is -2.44. The maximum atomic E-state index is 12.6. The van der Waals surface area contributed by atoms with Crippen LogP contribution in [0.15, 0.2) is 48.5 Å². The lowest BCUT2D eigenvalue weighted by molar-refractivity contribution is -0.137. The van der Waals surface area contributed by atoms with Crippen LogP contribution in [0.4, 0.5) is 13.2 Å². The minimum atomic E-state index is -4.50. The molecule has 144 valence electrons. The Hall–Kier alpha value is -3.23. The van der Waals surface area contributed by atoms with Crippen LogP contribution in [-0.4, -0.2) is 25.5 Å². The number of rotatable bonds is 6. The second-order valence-electron chi connectivity index (χ2n) is 5.44. The van der Waals surface area contributed by atoms with Crippen molar-refractivity contribution >= 4 is 11.8 Å². The lowest BCUT2D eigenvalue weighted by atomic mass is 10.1. The van der Waals surface area contributed by atoms with Gasteiger partial charge in [0.25, 0.3) is 5.91 Å². The predicted molar refractivity (Wildman–Crippen MR) is 89.9 cm³/mol. The molecule has 2 aromatic carbocycles. The molecular formula is C18H17F3N2O4. The molecule has 0 aliphatic rings. The third-order valence-corrected chi connectivity index (χ3v) is 3.40. The van der Waals surface area contributed by atoms with E-state index in [1.54, 1.807) is 24.3 Å². The third kappa shape index (κ3) is 6.53. The summed E-state index contributed by atoms with van der Waals surface area (Å²) >= 11 is 0. The van der Waals surface area contributed by atoms with Gasteiger partial charge in [-0.2, -0.15) is 13.2 Å². The Bertz CT molecular complexity index is 792. The summed E-state index contributed by atoms with van der Waals surface area (Å²) in [4.78, 5) is 23.4. The molecule has 2 N–H and O–H groups in total. The average molecular weight is 382 g/mol. The normalized spacial score (nSPS) is 10.8. The monoisotopic (exact) mass is 382 g/mol. The Labute approximate surface area is 153 Å². The second-order valence-corrected chi connectivity index (χ2v) is 5.44. The standard InChI is InChI=1S/C18H17F3N2O4/c1-26-14-7-5-12(6-8-14)9-16(24)22-23-17(25)11-27-15-4-2-3-13(10-15)18(19,20)21/h2-8,10H,9,11H2,1H3,(H,22,24)(H,23,25). The quantitative estimate of drug-likeness (QED) is 0.753. The predicted octanol–water partition coefficient (Wildman–Crippen LogP) is 2.48. The number of carbonyl (C=O) groups is 2. The molecule has 0 saturated heterocycles. The van der Waals surface area contributed by atoms with Crippen LogP contribution in [0.5, 0.6) is 11.5 Å². The summed E-state index contributed by atoms with van der Waals surface area (Å²) < 4.78 is 47.8. The van der Waals surface area contributed by atoms with Gasteiger partial charge in [0.05, 0.1) is 19.1 Å². The number of halogens is 3. The van der Waals surface area contributed by atoms with Crippen LogP contribution < -0.4 is 20.3 Å². The van der Waals surface area contributed by atoms with Crippen LogP contribution >= 0.6 is 0 Å². The van der Waals surface area contributed by atoms with Crippen molar-refractivity contribution in [2.75, 3.05) is 13.7 Å². The van der Waals surface area contributed by atoms with Gasteiger partial charge in [0.15, 0.2) is 6.61 Å². The molecular weight excluding hydrogens is 365 g/mol. The number of alkyl halides is 3. The first-order valence-electron chi connectivity index (χ1n) is 7.78. The van der Waals surface area contributed by atoms with Gasteiger partial charge in [-0.15, -0.1) is 0 Å². The highest BCUT2D eigenvalue weighted by atomic mass is 19.4. The van der Waals surface area contributed by atoms with Crippen molar-refractivity contribution in [1.29, 1.82) is 0 Å². The van der Waals surface area contributed by atoms with Crippen LogP contribution in [0.3, 0.4) is 0 Å². The van der Waals surface area contributed by atoms with Gasteiger partial charge >= 0.3 is 6.18 Å². The number of carbonyl (C=O) groups excluding carboxylic acids is 2. The number of ether oxygens (including phenoxy) is 2. The zero-order valence-corrected chi connectivity index (χ0v) is 14.3. The molecule has 0 fully saturated rings. The van der Waals surface area contributed by atoms with E-state index in [9.17, 15) is 22.8 Å². The molecule has 0 spiro atoms. The molecule has 0 aliphatic carbocycles. The highest BCUT2D eigenvalue weighted by Crippen LogP contribution is 2.31. The molecule has 0 bridgehead atoms. The SMILES string of the molecule is COc1ccc(CC(=O)NNC(=O)COc2cccc(C(F)(F)F)c2)cc1. The summed E-state index contributed by atoms with van der Waals surface area (Å²) in [7, 11) is 1.53. The minimum absolute atomic E-state index is 0.0265. The highest BCUT2D eigenvalue weighted by molar-refractivity contribution is 5.83. The van der Waals surface area contributed by atoms with Crippen LogP contribution in [0, 0.1) is 0 Å². The molecule has 0 saturated carbocycles. The van der Waals surface area contributed by atoms with E-state index < -0.39 is 30.2 Å². The molecule has 27 heavy (non-hydrogen) atoms. The number of methoxy groups -OCH3 is 1. The van der Waals surface area contributed by atoms with E-state index >= 15 is 0 Å². The van der Waals surface area contributed by atoms with Crippen LogP contribution in [0.1, 0.15) is 11.1 Å². The number of benzene rings is 2. The van der Waals surface area contributed by atoms with Crippen molar-refractivity contribution in [2.24, 2.45) is 0 Å². The Morgan fingerprint density at radius 2 is 1.63 bits per heavy atom. The van der Waals surface area contributed by atoms with Gasteiger partial charge in [-0.25, -0.2) is 0 Å². The zero-order valence-electron chi connectivity index (χ0n) is 14.3. The molecule has 2 aromatic rings. The largest absolute Gasteiger partial charge is 0.497 e. The van der Waals surface area contributed by atoms with Crippen molar-refractivity contribution in [2.45, 2.75) is 12.6 Å². The van der Waals surface area contributed by atoms with Crippen LogP contribution in [0.25, 0.3) is 0 Å². The van der Waals surface area contributed by atoms with E-state index in [-0.39, 0.29) is 12.2 Å². The maximum absolute atomic E-state index is 12.6. The van der Waals surface area contributed by atoms with Crippen molar-refractivity contribution in [3.05, 3.63) is 59.7 Å². The van der Waals surface area contributed by atoms with Crippen molar-refractivity contribution in [3.63, 3.8) is 0 Å². The molecule has 0 atom stereocenters. The summed E-state index contributed by atoms with van der Waals surface area (Å²) in [6.45, 7) is -0.551. The molecule has 9 heteroatoms. The summed E-state index contributed by atoms with van der Waals surface area (Å²) in [5.41, 5.74) is 4.16. The molecule has 2 amide bonds. The Morgan fingerprint density at radius 3 is 2.26 bits per heavy atom. The Morgan fingerprint density at radius 1 is 0.963 bits per heavy atom. The number of hydrogen-bond donors (Lipinski definition) is 2. The van der Waals surface area contributed by atoms with Crippen molar-refractivity contribution in [3.8, 4) is 11.5 Å². The van der Waals surface area contributed by atoms with E-state index in [0.29, 0.717) is 11.3 Å². The number of amides is 2. The maximum Gasteiger partial charge on any atom is 0.416 e. The van der Waals surface area contributed by atoms with E-state index in [0.717, 1.165) is 12.1 Å². The van der Waals surface area contributed by atoms with E-state index in [1.165, 1.54) is 19.2 Å². The van der Waals surface area contributed by atoms with E-state index in [2.05, 4.69) is 10.9 Å². The first kappa shape index (κ1) is 20.1. The lowest BCUT2D eigenvalue weighted by Gasteiger charge is -2.11. The summed E-state index contributed by atoms with van der Waals surface area (Å²) in [6.07, 6.45) is -4.48. The molecule has 2 rings (SSSR count). The Kier molecular flexibility index (Phi) is 6.64. The van der Waals surface area contributed by atoms with Gasteiger partial charge in [-0.3, -0.25) is 20.4 Å². The first-order chi connectivity index (χ1) is 12.8. The van der Waals surface area contributed by atoms with Crippen LogP contribution in [0.2, 0.25) is 0 Å². The number of nitrogens with one attached hydrogen (secondary N) is 2. The fraction of sp³-hybridized carbons (Fsp3) is 0.222. The first-order valence-corrected chi connectivity index (χ1v) is 7.78. The third-order valence-electron chi connectivity index (χ3n) is 3.40. The van der Waals surface area contributed by atoms with Crippen molar-refractivity contribution in [1.82, 2.24) is 10.9 Å². The van der Waals surface area contributed by atoms with Crippen LogP contribution in [-0.2, 0) is 22.2 Å². The summed E-state index contributed by atoms with van der Waals surface area (Å²) in [5.74, 6) is -0.633. The smallest absolute Gasteiger partial charge is 0.416 e.